The molecule has 0 atom stereocenters. The van der Waals surface area contributed by atoms with Gasteiger partial charge in [0.2, 0.25) is 11.8 Å². The van der Waals surface area contributed by atoms with Crippen molar-refractivity contribution in [2.45, 2.75) is 13.8 Å². The number of halogens is 3. The van der Waals surface area contributed by atoms with Crippen LogP contribution in [0.25, 0.3) is 0 Å². The van der Waals surface area contributed by atoms with Gasteiger partial charge in [-0.05, 0) is 67.8 Å². The summed E-state index contributed by atoms with van der Waals surface area (Å²) in [5.41, 5.74) is 1.01. The third-order valence-electron chi connectivity index (χ3n) is 2.85. The number of benzene rings is 1. The molecule has 0 aliphatic carbocycles. The first-order valence-corrected chi connectivity index (χ1v) is 9.93. The van der Waals surface area contributed by atoms with Crippen molar-refractivity contribution >= 4 is 103 Å². The predicted molar refractivity (Wildman–Crippen MR) is 118 cm³/mol. The predicted octanol–water partition coefficient (Wildman–Crippen LogP) is 2.57. The maximum Gasteiger partial charge on any atom is 0.323 e. The van der Waals surface area contributed by atoms with Crippen LogP contribution in [-0.4, -0.2) is 47.3 Å². The van der Waals surface area contributed by atoms with Crippen LogP contribution in [0.15, 0.2) is 0 Å². The Balaban J connectivity index is 3.64. The van der Waals surface area contributed by atoms with Crippen molar-refractivity contribution in [3.05, 3.63) is 16.3 Å². The van der Waals surface area contributed by atoms with Crippen molar-refractivity contribution in [1.29, 1.82) is 0 Å². The van der Waals surface area contributed by atoms with E-state index in [1.807, 2.05) is 67.8 Å². The molecule has 0 saturated carbocycles. The summed E-state index contributed by atoms with van der Waals surface area (Å²) in [5.74, 6) is -2.33. The number of nitrogens with one attached hydrogen (secondary N) is 2. The number of carbonyl (C=O) groups is 4. The standard InChI is InChI=1S/C14H14I3N3O5/c1-5(21)18-12-9(15)8(14(25)20(3)4-7(23)24)10(16)13(11(12)17)19-6(2)22/h4H2,1-3H3,(H,18,21)(H,19,22)(H,23,24). The number of carbonyl (C=O) groups excluding carboxylic acids is 3. The summed E-state index contributed by atoms with van der Waals surface area (Å²) in [6.07, 6.45) is 0. The molecule has 0 aliphatic heterocycles. The van der Waals surface area contributed by atoms with Gasteiger partial charge in [-0.3, -0.25) is 19.2 Å². The molecule has 0 aromatic heterocycles. The van der Waals surface area contributed by atoms with Gasteiger partial charge in [0.15, 0.2) is 0 Å². The Morgan fingerprint density at radius 2 is 1.32 bits per heavy atom. The topological polar surface area (TPSA) is 116 Å². The number of amides is 3. The lowest BCUT2D eigenvalue weighted by Crippen LogP contribution is -2.33. The SMILES string of the molecule is CC(=O)Nc1c(I)c(NC(C)=O)c(I)c(C(=O)N(C)CC(=O)O)c1I. The highest BCUT2D eigenvalue weighted by Crippen LogP contribution is 2.39. The van der Waals surface area contributed by atoms with E-state index in [1.165, 1.54) is 20.9 Å². The molecule has 25 heavy (non-hydrogen) atoms. The minimum Gasteiger partial charge on any atom is -0.480 e. The maximum absolute atomic E-state index is 12.7. The lowest BCUT2D eigenvalue weighted by atomic mass is 10.1. The highest BCUT2D eigenvalue weighted by Gasteiger charge is 2.27. The van der Waals surface area contributed by atoms with Crippen LogP contribution in [0.5, 0.6) is 0 Å². The normalized spacial score (nSPS) is 10.2. The zero-order chi connectivity index (χ0) is 19.5. The second-order valence-corrected chi connectivity index (χ2v) is 8.22. The van der Waals surface area contributed by atoms with Crippen LogP contribution < -0.4 is 10.6 Å². The maximum atomic E-state index is 12.7. The first kappa shape index (κ1) is 22.3. The average Bonchev–Trinajstić information content (AvgIpc) is 2.46. The number of nitrogens with zero attached hydrogens (tertiary/aromatic N) is 1. The number of hydrogen-bond acceptors (Lipinski definition) is 4. The highest BCUT2D eigenvalue weighted by atomic mass is 127. The number of anilines is 2. The monoisotopic (exact) mass is 685 g/mol. The van der Waals surface area contributed by atoms with Gasteiger partial charge in [-0.15, -0.1) is 0 Å². The molecular formula is C14H14I3N3O5. The van der Waals surface area contributed by atoms with Crippen LogP contribution in [0, 0.1) is 10.7 Å². The molecule has 0 spiro atoms. The van der Waals surface area contributed by atoms with Crippen LogP contribution >= 0.6 is 67.8 Å². The first-order chi connectivity index (χ1) is 11.5. The molecule has 0 unspecified atom stereocenters. The summed E-state index contributed by atoms with van der Waals surface area (Å²) in [6, 6.07) is 0. The Bertz CT molecular complexity index is 724. The van der Waals surface area contributed by atoms with Crippen molar-refractivity contribution < 1.29 is 24.3 Å². The number of carboxylic acids is 1. The van der Waals surface area contributed by atoms with Crippen LogP contribution in [0.3, 0.4) is 0 Å². The molecule has 0 saturated heterocycles. The van der Waals surface area contributed by atoms with Crippen molar-refractivity contribution in [2.75, 3.05) is 24.2 Å². The molecule has 8 nitrogen and oxygen atoms in total. The minimum absolute atomic E-state index is 0.220. The lowest BCUT2D eigenvalue weighted by molar-refractivity contribution is -0.137. The Morgan fingerprint density at radius 3 is 1.64 bits per heavy atom. The number of likely N-dealkylation sites (N-methyl/N-ethyl adjacent to an activating group) is 1. The number of rotatable bonds is 5. The van der Waals surface area contributed by atoms with Gasteiger partial charge in [0.05, 0.1) is 27.6 Å². The molecule has 3 N–H and O–H groups in total. The Hall–Kier alpha value is -0.710. The summed E-state index contributed by atoms with van der Waals surface area (Å²) < 4.78 is 1.52. The fourth-order valence-electron chi connectivity index (χ4n) is 1.89. The Kier molecular flexibility index (Phi) is 8.30. The first-order valence-electron chi connectivity index (χ1n) is 6.70. The van der Waals surface area contributed by atoms with Gasteiger partial charge in [-0.2, -0.15) is 0 Å². The molecule has 1 aromatic rings. The quantitative estimate of drug-likeness (QED) is 0.413. The number of carboxylic acid groups (broad SMARTS) is 1. The van der Waals surface area contributed by atoms with E-state index in [1.54, 1.807) is 0 Å². The van der Waals surface area contributed by atoms with Gasteiger partial charge < -0.3 is 20.6 Å². The van der Waals surface area contributed by atoms with Gasteiger partial charge in [-0.1, -0.05) is 0 Å². The third kappa shape index (κ3) is 5.63. The summed E-state index contributed by atoms with van der Waals surface area (Å²) in [5, 5.41) is 14.2. The second kappa shape index (κ2) is 9.29. The zero-order valence-electron chi connectivity index (χ0n) is 13.4. The van der Waals surface area contributed by atoms with Crippen LogP contribution in [0.4, 0.5) is 11.4 Å². The van der Waals surface area contributed by atoms with Crippen LogP contribution in [-0.2, 0) is 14.4 Å². The molecule has 3 amide bonds. The molecule has 0 fully saturated rings. The van der Waals surface area contributed by atoms with E-state index >= 15 is 0 Å². The van der Waals surface area contributed by atoms with Crippen molar-refractivity contribution in [3.63, 3.8) is 0 Å². The van der Waals surface area contributed by atoms with E-state index in [4.69, 9.17) is 5.11 Å². The summed E-state index contributed by atoms with van der Waals surface area (Å²) >= 11 is 5.83. The average molecular weight is 685 g/mol. The van der Waals surface area contributed by atoms with Crippen LogP contribution in [0.2, 0.25) is 0 Å². The van der Waals surface area contributed by atoms with Crippen LogP contribution in [0.1, 0.15) is 24.2 Å². The molecule has 0 heterocycles. The summed E-state index contributed by atoms with van der Waals surface area (Å²) in [4.78, 5) is 47.7. The largest absolute Gasteiger partial charge is 0.480 e. The molecule has 136 valence electrons. The van der Waals surface area contributed by atoms with Gasteiger partial charge in [-0.25, -0.2) is 0 Å². The van der Waals surface area contributed by atoms with Gasteiger partial charge in [0, 0.05) is 20.9 Å². The van der Waals surface area contributed by atoms with Crippen molar-refractivity contribution in [3.8, 4) is 0 Å². The Labute approximate surface area is 184 Å². The van der Waals surface area contributed by atoms with E-state index in [0.29, 0.717) is 22.1 Å². The molecule has 0 radical (unpaired) electrons. The van der Waals surface area contributed by atoms with E-state index < -0.39 is 18.4 Å². The van der Waals surface area contributed by atoms with E-state index in [9.17, 15) is 19.2 Å². The molecule has 1 aromatic carbocycles. The highest BCUT2D eigenvalue weighted by molar-refractivity contribution is 14.1. The Morgan fingerprint density at radius 1 is 0.920 bits per heavy atom. The minimum atomic E-state index is -1.14. The molecule has 1 rings (SSSR count). The molecule has 0 bridgehead atoms. The molecular weight excluding hydrogens is 671 g/mol. The third-order valence-corrected chi connectivity index (χ3v) is 6.09. The molecule has 11 heteroatoms. The van der Waals surface area contributed by atoms with Gasteiger partial charge >= 0.3 is 5.97 Å². The second-order valence-electron chi connectivity index (χ2n) is 4.98. The van der Waals surface area contributed by atoms with Crippen molar-refractivity contribution in [2.24, 2.45) is 0 Å². The smallest absolute Gasteiger partial charge is 0.323 e. The zero-order valence-corrected chi connectivity index (χ0v) is 19.8. The number of aliphatic carboxylic acids is 1. The molecule has 0 aliphatic rings. The van der Waals surface area contributed by atoms with Crippen molar-refractivity contribution in [1.82, 2.24) is 4.90 Å². The van der Waals surface area contributed by atoms with E-state index in [-0.39, 0.29) is 17.4 Å². The lowest BCUT2D eigenvalue weighted by Gasteiger charge is -2.22. The van der Waals surface area contributed by atoms with Gasteiger partial charge in [0.25, 0.3) is 5.91 Å². The fourth-order valence-corrected chi connectivity index (χ4v) is 6.06. The van der Waals surface area contributed by atoms with E-state index in [2.05, 4.69) is 10.6 Å². The summed E-state index contributed by atoms with van der Waals surface area (Å²) in [7, 11) is 1.37. The summed E-state index contributed by atoms with van der Waals surface area (Å²) in [6.45, 7) is 2.20. The van der Waals surface area contributed by atoms with Gasteiger partial charge in [0.1, 0.15) is 6.54 Å². The number of hydrogen-bond donors (Lipinski definition) is 3. The fraction of sp³-hybridized carbons (Fsp3) is 0.286. The van der Waals surface area contributed by atoms with E-state index in [0.717, 1.165) is 4.90 Å².